The Balaban J connectivity index is 2.20. The van der Waals surface area contributed by atoms with Crippen LogP contribution in [0, 0.1) is 13.8 Å². The normalized spacial score (nSPS) is 12.7. The van der Waals surface area contributed by atoms with Crippen LogP contribution in [-0.4, -0.2) is 10.1 Å². The summed E-state index contributed by atoms with van der Waals surface area (Å²) in [5.74, 6) is 0. The highest BCUT2D eigenvalue weighted by Crippen LogP contribution is 2.29. The first-order valence-electron chi connectivity index (χ1n) is 5.43. The lowest BCUT2D eigenvalue weighted by Crippen LogP contribution is -2.02. The minimum absolute atomic E-state index is 0.472. The van der Waals surface area contributed by atoms with Crippen LogP contribution in [0.1, 0.15) is 27.2 Å². The minimum Gasteiger partial charge on any atom is -0.387 e. The molecular formula is C13H14BrNOS. The zero-order valence-electron chi connectivity index (χ0n) is 9.77. The zero-order valence-corrected chi connectivity index (χ0v) is 12.2. The van der Waals surface area contributed by atoms with Crippen molar-refractivity contribution in [3.8, 4) is 0 Å². The van der Waals surface area contributed by atoms with Crippen molar-refractivity contribution in [3.63, 3.8) is 0 Å². The monoisotopic (exact) mass is 311 g/mol. The van der Waals surface area contributed by atoms with E-state index in [1.165, 1.54) is 0 Å². The van der Waals surface area contributed by atoms with Gasteiger partial charge in [-0.1, -0.05) is 34.1 Å². The van der Waals surface area contributed by atoms with E-state index in [-0.39, 0.29) is 0 Å². The Morgan fingerprint density at radius 2 is 2.06 bits per heavy atom. The fraction of sp³-hybridized carbons (Fsp3) is 0.308. The molecule has 0 bridgehead atoms. The van der Waals surface area contributed by atoms with Crippen LogP contribution >= 0.6 is 27.3 Å². The Kier molecular flexibility index (Phi) is 3.97. The van der Waals surface area contributed by atoms with Gasteiger partial charge in [-0.05, 0) is 25.5 Å². The summed E-state index contributed by atoms with van der Waals surface area (Å²) in [6, 6.07) is 7.98. The SMILES string of the molecule is Cc1nc(C)c(C(O)Cc2ccccc2Br)s1. The number of aromatic nitrogens is 1. The molecule has 17 heavy (non-hydrogen) atoms. The van der Waals surface area contributed by atoms with Gasteiger partial charge in [0, 0.05) is 10.9 Å². The lowest BCUT2D eigenvalue weighted by atomic mass is 10.1. The van der Waals surface area contributed by atoms with Gasteiger partial charge in [-0.15, -0.1) is 11.3 Å². The van der Waals surface area contributed by atoms with Crippen LogP contribution < -0.4 is 0 Å². The molecule has 0 amide bonds. The molecule has 0 aliphatic rings. The van der Waals surface area contributed by atoms with Crippen molar-refractivity contribution in [1.29, 1.82) is 0 Å². The summed E-state index contributed by atoms with van der Waals surface area (Å²) in [7, 11) is 0. The zero-order chi connectivity index (χ0) is 12.4. The van der Waals surface area contributed by atoms with Crippen molar-refractivity contribution in [2.75, 3.05) is 0 Å². The number of halogens is 1. The van der Waals surface area contributed by atoms with Crippen LogP contribution in [0.25, 0.3) is 0 Å². The van der Waals surface area contributed by atoms with E-state index < -0.39 is 6.10 Å². The molecule has 1 N–H and O–H groups in total. The van der Waals surface area contributed by atoms with E-state index in [1.54, 1.807) is 11.3 Å². The van der Waals surface area contributed by atoms with Crippen molar-refractivity contribution in [3.05, 3.63) is 49.9 Å². The number of rotatable bonds is 3. The number of benzene rings is 1. The van der Waals surface area contributed by atoms with Gasteiger partial charge in [0.25, 0.3) is 0 Å². The lowest BCUT2D eigenvalue weighted by Gasteiger charge is -2.10. The average molecular weight is 312 g/mol. The summed E-state index contributed by atoms with van der Waals surface area (Å²) in [5.41, 5.74) is 2.05. The van der Waals surface area contributed by atoms with Gasteiger partial charge in [0.1, 0.15) is 0 Å². The highest BCUT2D eigenvalue weighted by atomic mass is 79.9. The summed E-state index contributed by atoms with van der Waals surface area (Å²) >= 11 is 5.07. The first kappa shape index (κ1) is 12.7. The van der Waals surface area contributed by atoms with Crippen LogP contribution in [-0.2, 0) is 6.42 Å². The van der Waals surface area contributed by atoms with Gasteiger partial charge in [0.15, 0.2) is 0 Å². The second-order valence-corrected chi connectivity index (χ2v) is 6.08. The van der Waals surface area contributed by atoms with Gasteiger partial charge < -0.3 is 5.11 Å². The smallest absolute Gasteiger partial charge is 0.0941 e. The molecule has 0 radical (unpaired) electrons. The van der Waals surface area contributed by atoms with E-state index in [1.807, 2.05) is 38.1 Å². The second kappa shape index (κ2) is 5.29. The van der Waals surface area contributed by atoms with Crippen molar-refractivity contribution < 1.29 is 5.11 Å². The second-order valence-electron chi connectivity index (χ2n) is 3.99. The van der Waals surface area contributed by atoms with Gasteiger partial charge in [-0.2, -0.15) is 0 Å². The van der Waals surface area contributed by atoms with Crippen molar-refractivity contribution in [2.45, 2.75) is 26.4 Å². The van der Waals surface area contributed by atoms with E-state index >= 15 is 0 Å². The van der Waals surface area contributed by atoms with Crippen molar-refractivity contribution >= 4 is 27.3 Å². The molecule has 90 valence electrons. The Morgan fingerprint density at radius 3 is 2.65 bits per heavy atom. The molecule has 1 atom stereocenters. The van der Waals surface area contributed by atoms with Crippen molar-refractivity contribution in [2.24, 2.45) is 0 Å². The number of hydrogen-bond acceptors (Lipinski definition) is 3. The van der Waals surface area contributed by atoms with Crippen LogP contribution in [0.2, 0.25) is 0 Å². The largest absolute Gasteiger partial charge is 0.387 e. The molecule has 2 rings (SSSR count). The maximum atomic E-state index is 10.2. The number of hydrogen-bond donors (Lipinski definition) is 1. The van der Waals surface area contributed by atoms with Crippen LogP contribution in [0.3, 0.4) is 0 Å². The maximum Gasteiger partial charge on any atom is 0.0941 e. The van der Waals surface area contributed by atoms with Crippen molar-refractivity contribution in [1.82, 2.24) is 4.98 Å². The summed E-state index contributed by atoms with van der Waals surface area (Å²) in [6.45, 7) is 3.91. The standard InChI is InChI=1S/C13H14BrNOS/c1-8-13(17-9(2)15-8)12(16)7-10-5-3-4-6-11(10)14/h3-6,12,16H,7H2,1-2H3. The molecule has 1 aromatic carbocycles. The van der Waals surface area contributed by atoms with Crippen LogP contribution in [0.15, 0.2) is 28.7 Å². The van der Waals surface area contributed by atoms with Gasteiger partial charge >= 0.3 is 0 Å². The topological polar surface area (TPSA) is 33.1 Å². The van der Waals surface area contributed by atoms with E-state index in [4.69, 9.17) is 0 Å². The number of thiazole rings is 1. The number of aryl methyl sites for hydroxylation is 2. The van der Waals surface area contributed by atoms with Gasteiger partial charge in [-0.25, -0.2) is 4.98 Å². The number of aliphatic hydroxyl groups excluding tert-OH is 1. The average Bonchev–Trinajstić information content (AvgIpc) is 2.61. The Labute approximate surface area is 113 Å². The molecule has 0 saturated carbocycles. The predicted octanol–water partition coefficient (Wildman–Crippen LogP) is 3.80. The predicted molar refractivity (Wildman–Crippen MR) is 74.4 cm³/mol. The van der Waals surface area contributed by atoms with Crippen LogP contribution in [0.5, 0.6) is 0 Å². The highest BCUT2D eigenvalue weighted by molar-refractivity contribution is 9.10. The van der Waals surface area contributed by atoms with Gasteiger partial charge in [-0.3, -0.25) is 0 Å². The summed E-state index contributed by atoms with van der Waals surface area (Å²) in [4.78, 5) is 5.31. The maximum absolute atomic E-state index is 10.2. The molecule has 1 heterocycles. The first-order valence-corrected chi connectivity index (χ1v) is 7.04. The Morgan fingerprint density at radius 1 is 1.35 bits per heavy atom. The molecule has 1 aromatic heterocycles. The summed E-state index contributed by atoms with van der Waals surface area (Å²) in [6.07, 6.45) is 0.143. The van der Waals surface area contributed by atoms with Gasteiger partial charge in [0.2, 0.25) is 0 Å². The molecule has 0 aliphatic heterocycles. The molecule has 0 spiro atoms. The quantitative estimate of drug-likeness (QED) is 0.935. The molecule has 2 nitrogen and oxygen atoms in total. The van der Waals surface area contributed by atoms with Gasteiger partial charge in [0.05, 0.1) is 21.7 Å². The van der Waals surface area contributed by atoms with E-state index in [9.17, 15) is 5.11 Å². The summed E-state index contributed by atoms with van der Waals surface area (Å²) in [5, 5.41) is 11.2. The van der Waals surface area contributed by atoms with Crippen LogP contribution in [0.4, 0.5) is 0 Å². The molecule has 0 aliphatic carbocycles. The third-order valence-corrected chi connectivity index (χ3v) is 4.56. The molecular weight excluding hydrogens is 298 g/mol. The van der Waals surface area contributed by atoms with E-state index in [0.717, 1.165) is 25.6 Å². The Bertz CT molecular complexity index is 524. The molecule has 4 heteroatoms. The minimum atomic E-state index is -0.472. The fourth-order valence-electron chi connectivity index (χ4n) is 1.82. The fourth-order valence-corrected chi connectivity index (χ4v) is 3.18. The van der Waals surface area contributed by atoms with E-state index in [0.29, 0.717) is 6.42 Å². The third kappa shape index (κ3) is 2.94. The molecule has 2 aromatic rings. The first-order chi connectivity index (χ1) is 8.08. The Hall–Kier alpha value is -0.710. The lowest BCUT2D eigenvalue weighted by molar-refractivity contribution is 0.181. The molecule has 0 fully saturated rings. The number of nitrogens with zero attached hydrogens (tertiary/aromatic N) is 1. The summed E-state index contributed by atoms with van der Waals surface area (Å²) < 4.78 is 1.04. The highest BCUT2D eigenvalue weighted by Gasteiger charge is 2.16. The number of aliphatic hydroxyl groups is 1. The molecule has 0 saturated heterocycles. The van der Waals surface area contributed by atoms with E-state index in [2.05, 4.69) is 20.9 Å². The molecule has 1 unspecified atom stereocenters. The third-order valence-electron chi connectivity index (χ3n) is 2.61.